The molecule has 0 fully saturated rings. The number of rotatable bonds is 4. The quantitative estimate of drug-likeness (QED) is 0.620. The maximum absolute atomic E-state index is 6.32. The molecule has 1 aromatic rings. The molecule has 0 spiro atoms. The van der Waals surface area contributed by atoms with Crippen molar-refractivity contribution >= 4 is 24.2 Å². The van der Waals surface area contributed by atoms with E-state index in [0.717, 1.165) is 11.1 Å². The largest absolute Gasteiger partial charge is 0.416 e. The summed E-state index contributed by atoms with van der Waals surface area (Å²) in [6, 6.07) is 6.50. The molecule has 0 aliphatic carbocycles. The van der Waals surface area contributed by atoms with E-state index in [2.05, 4.69) is 81.8 Å². The van der Waals surface area contributed by atoms with Gasteiger partial charge in [-0.25, -0.2) is 0 Å². The second-order valence-electron chi connectivity index (χ2n) is 6.97. The number of hydrogen-bond acceptors (Lipinski definition) is 1. The molecule has 0 aromatic heterocycles. The van der Waals surface area contributed by atoms with Crippen molar-refractivity contribution in [3.8, 4) is 0 Å². The normalized spacial score (nSPS) is 14.5. The Labute approximate surface area is 128 Å². The van der Waals surface area contributed by atoms with Crippen LogP contribution in [-0.4, -0.2) is 14.9 Å². The number of benzene rings is 1. The molecule has 1 nitrogen and oxygen atoms in total. The first kappa shape index (κ1) is 16.9. The molecular formula is C16H27BrOSi. The van der Waals surface area contributed by atoms with Crippen molar-refractivity contribution in [1.82, 2.24) is 0 Å². The van der Waals surface area contributed by atoms with E-state index in [1.54, 1.807) is 0 Å². The molecule has 0 saturated heterocycles. The van der Waals surface area contributed by atoms with Crippen LogP contribution in [0.2, 0.25) is 18.1 Å². The maximum atomic E-state index is 6.32. The van der Waals surface area contributed by atoms with Crippen LogP contribution in [0.1, 0.15) is 44.7 Å². The highest BCUT2D eigenvalue weighted by Crippen LogP contribution is 2.37. The molecule has 0 aliphatic heterocycles. The summed E-state index contributed by atoms with van der Waals surface area (Å²) in [6.07, 6.45) is 0. The van der Waals surface area contributed by atoms with Gasteiger partial charge in [0.15, 0.2) is 8.32 Å². The number of aryl methyl sites for hydroxylation is 1. The molecule has 0 heterocycles. The predicted octanol–water partition coefficient (Wildman–Crippen LogP) is 5.88. The fraction of sp³-hybridized carbons (Fsp3) is 0.625. The highest BCUT2D eigenvalue weighted by Gasteiger charge is 2.37. The molecule has 0 bridgehead atoms. The molecule has 0 radical (unpaired) electrons. The topological polar surface area (TPSA) is 9.23 Å². The lowest BCUT2D eigenvalue weighted by molar-refractivity contribution is 0.269. The van der Waals surface area contributed by atoms with E-state index in [0.29, 0.717) is 5.92 Å². The van der Waals surface area contributed by atoms with Crippen molar-refractivity contribution in [3.05, 3.63) is 33.8 Å². The van der Waals surface area contributed by atoms with Gasteiger partial charge in [-0.2, -0.15) is 0 Å². The van der Waals surface area contributed by atoms with Crippen LogP contribution in [0.4, 0.5) is 0 Å². The van der Waals surface area contributed by atoms with Crippen LogP contribution >= 0.6 is 15.9 Å². The molecule has 0 saturated carbocycles. The van der Waals surface area contributed by atoms with Gasteiger partial charge in [0.05, 0.1) is 0 Å². The highest BCUT2D eigenvalue weighted by molar-refractivity contribution is 9.10. The van der Waals surface area contributed by atoms with E-state index >= 15 is 0 Å². The predicted molar refractivity (Wildman–Crippen MR) is 90.4 cm³/mol. The zero-order valence-corrected chi connectivity index (χ0v) is 15.9. The minimum absolute atomic E-state index is 0.279. The van der Waals surface area contributed by atoms with Gasteiger partial charge in [-0.15, -0.1) is 0 Å². The van der Waals surface area contributed by atoms with Crippen molar-refractivity contribution < 1.29 is 4.43 Å². The van der Waals surface area contributed by atoms with Gasteiger partial charge in [-0.1, -0.05) is 49.7 Å². The minimum Gasteiger partial charge on any atom is -0.416 e. The van der Waals surface area contributed by atoms with Gasteiger partial charge in [0.25, 0.3) is 0 Å². The summed E-state index contributed by atoms with van der Waals surface area (Å²) in [5, 5.41) is 0.279. The first-order chi connectivity index (χ1) is 8.54. The fourth-order valence-corrected chi connectivity index (χ4v) is 3.41. The lowest BCUT2D eigenvalue weighted by atomic mass is 9.97. The van der Waals surface area contributed by atoms with Gasteiger partial charge in [0.2, 0.25) is 0 Å². The van der Waals surface area contributed by atoms with Gasteiger partial charge >= 0.3 is 0 Å². The van der Waals surface area contributed by atoms with E-state index in [4.69, 9.17) is 4.43 Å². The fourth-order valence-electron chi connectivity index (χ4n) is 1.83. The van der Waals surface area contributed by atoms with Gasteiger partial charge in [-0.3, -0.25) is 0 Å². The molecule has 108 valence electrons. The number of halogens is 1. The summed E-state index contributed by atoms with van der Waals surface area (Å²) in [4.78, 5) is 0. The van der Waals surface area contributed by atoms with Crippen molar-refractivity contribution in [3.63, 3.8) is 0 Å². The molecule has 0 amide bonds. The van der Waals surface area contributed by atoms with Crippen LogP contribution in [0.5, 0.6) is 0 Å². The summed E-state index contributed by atoms with van der Waals surface area (Å²) >= 11 is 3.52. The summed E-state index contributed by atoms with van der Waals surface area (Å²) < 4.78 is 7.47. The number of hydrogen-bond donors (Lipinski definition) is 0. The van der Waals surface area contributed by atoms with E-state index in [-0.39, 0.29) is 5.04 Å². The first-order valence-corrected chi connectivity index (χ1v) is 10.6. The average Bonchev–Trinajstić information content (AvgIpc) is 2.24. The molecule has 0 aliphatic rings. The maximum Gasteiger partial charge on any atom is 0.192 e. The first-order valence-electron chi connectivity index (χ1n) is 6.94. The van der Waals surface area contributed by atoms with Gasteiger partial charge < -0.3 is 4.43 Å². The Balaban J connectivity index is 2.73. The van der Waals surface area contributed by atoms with E-state index in [1.807, 2.05) is 0 Å². The third kappa shape index (κ3) is 4.43. The van der Waals surface area contributed by atoms with Gasteiger partial charge in [0, 0.05) is 17.0 Å². The van der Waals surface area contributed by atoms with Crippen LogP contribution in [0.3, 0.4) is 0 Å². The van der Waals surface area contributed by atoms with Crippen molar-refractivity contribution in [2.24, 2.45) is 0 Å². The molecule has 3 heteroatoms. The highest BCUT2D eigenvalue weighted by atomic mass is 79.9. The SMILES string of the molecule is Cc1cc(Br)ccc1[C@@H](C)CO[Si](C)(C)C(C)(C)C. The summed E-state index contributed by atoms with van der Waals surface area (Å²) in [7, 11) is -1.64. The van der Waals surface area contributed by atoms with Crippen molar-refractivity contribution in [2.45, 2.75) is 58.7 Å². The van der Waals surface area contributed by atoms with Crippen LogP contribution < -0.4 is 0 Å². The van der Waals surface area contributed by atoms with E-state index in [1.165, 1.54) is 11.1 Å². The lowest BCUT2D eigenvalue weighted by Crippen LogP contribution is -2.41. The Hall–Kier alpha value is -0.123. The second kappa shape index (κ2) is 6.11. The molecule has 1 atom stereocenters. The zero-order valence-electron chi connectivity index (χ0n) is 13.3. The lowest BCUT2D eigenvalue weighted by Gasteiger charge is -2.37. The second-order valence-corrected chi connectivity index (χ2v) is 12.7. The Morgan fingerprint density at radius 3 is 2.32 bits per heavy atom. The summed E-state index contributed by atoms with van der Waals surface area (Å²) in [6.45, 7) is 16.7. The smallest absolute Gasteiger partial charge is 0.192 e. The molecule has 0 unspecified atom stereocenters. The monoisotopic (exact) mass is 342 g/mol. The zero-order chi connectivity index (χ0) is 14.8. The van der Waals surface area contributed by atoms with Crippen LogP contribution in [0.15, 0.2) is 22.7 Å². The van der Waals surface area contributed by atoms with E-state index < -0.39 is 8.32 Å². The van der Waals surface area contributed by atoms with Crippen LogP contribution in [0.25, 0.3) is 0 Å². The Morgan fingerprint density at radius 2 is 1.84 bits per heavy atom. The van der Waals surface area contributed by atoms with Crippen LogP contribution in [0, 0.1) is 6.92 Å². The Bertz CT molecular complexity index is 435. The van der Waals surface area contributed by atoms with Gasteiger partial charge in [-0.05, 0) is 48.3 Å². The molecular weight excluding hydrogens is 316 g/mol. The Kier molecular flexibility index (Phi) is 5.44. The Morgan fingerprint density at radius 1 is 1.26 bits per heavy atom. The molecule has 0 N–H and O–H groups in total. The van der Waals surface area contributed by atoms with Crippen molar-refractivity contribution in [1.29, 1.82) is 0 Å². The molecule has 1 aromatic carbocycles. The summed E-state index contributed by atoms with van der Waals surface area (Å²) in [5.41, 5.74) is 2.72. The molecule has 1 rings (SSSR count). The van der Waals surface area contributed by atoms with Crippen LogP contribution in [-0.2, 0) is 4.43 Å². The average molecular weight is 343 g/mol. The third-order valence-electron chi connectivity index (χ3n) is 4.26. The minimum atomic E-state index is -1.64. The molecule has 19 heavy (non-hydrogen) atoms. The van der Waals surface area contributed by atoms with E-state index in [9.17, 15) is 0 Å². The summed E-state index contributed by atoms with van der Waals surface area (Å²) in [5.74, 6) is 0.447. The van der Waals surface area contributed by atoms with Crippen molar-refractivity contribution in [2.75, 3.05) is 6.61 Å². The van der Waals surface area contributed by atoms with Gasteiger partial charge in [0.1, 0.15) is 0 Å². The third-order valence-corrected chi connectivity index (χ3v) is 9.26. The standard InChI is InChI=1S/C16H27BrOSi/c1-12-10-14(17)8-9-15(12)13(2)11-18-19(6,7)16(3,4)5/h8-10,13H,11H2,1-7H3/t13-/m0/s1.